The third kappa shape index (κ3) is 4.89. The molecule has 0 bridgehead atoms. The maximum Gasteiger partial charge on any atom is 0.123 e. The molecule has 0 aliphatic heterocycles. The van der Waals surface area contributed by atoms with Gasteiger partial charge in [-0.15, -0.1) is 0 Å². The van der Waals surface area contributed by atoms with Crippen LogP contribution >= 0.6 is 0 Å². The van der Waals surface area contributed by atoms with Crippen LogP contribution in [0.3, 0.4) is 0 Å². The predicted octanol–water partition coefficient (Wildman–Crippen LogP) is 4.68. The van der Waals surface area contributed by atoms with Gasteiger partial charge in [0.05, 0.1) is 5.69 Å². The first-order chi connectivity index (χ1) is 14.3. The van der Waals surface area contributed by atoms with Gasteiger partial charge in [0.25, 0.3) is 0 Å². The van der Waals surface area contributed by atoms with E-state index in [1.54, 1.807) is 24.7 Å². The van der Waals surface area contributed by atoms with Crippen molar-refractivity contribution in [3.63, 3.8) is 0 Å². The lowest BCUT2D eigenvalue weighted by molar-refractivity contribution is 0.628. The summed E-state index contributed by atoms with van der Waals surface area (Å²) in [6, 6.07) is 18.5. The van der Waals surface area contributed by atoms with Gasteiger partial charge >= 0.3 is 0 Å². The number of nitrogens with one attached hydrogen (secondary N) is 1. The van der Waals surface area contributed by atoms with Gasteiger partial charge in [-0.05, 0) is 53.6 Å². The van der Waals surface area contributed by atoms with Gasteiger partial charge < -0.3 is 5.32 Å². The number of rotatable bonds is 7. The van der Waals surface area contributed by atoms with Crippen molar-refractivity contribution in [1.29, 1.82) is 0 Å². The maximum atomic E-state index is 13.7. The van der Waals surface area contributed by atoms with Crippen LogP contribution in [0.1, 0.15) is 11.3 Å². The maximum absolute atomic E-state index is 13.7. The first kappa shape index (κ1) is 18.9. The zero-order valence-corrected chi connectivity index (χ0v) is 15.9. The van der Waals surface area contributed by atoms with E-state index in [1.807, 2.05) is 42.6 Å². The van der Waals surface area contributed by atoms with Crippen molar-refractivity contribution in [2.75, 3.05) is 6.54 Å². The number of hydrogen-bond acceptors (Lipinski definition) is 4. The lowest BCUT2D eigenvalue weighted by Gasteiger charge is -2.13. The average molecular weight is 384 g/mol. The summed E-state index contributed by atoms with van der Waals surface area (Å²) in [5.41, 5.74) is 5.72. The summed E-state index contributed by atoms with van der Waals surface area (Å²) in [5.74, 6) is -0.254. The summed E-state index contributed by atoms with van der Waals surface area (Å²) in [6.07, 6.45) is 7.97. The van der Waals surface area contributed by atoms with Crippen LogP contribution in [-0.4, -0.2) is 21.5 Å². The van der Waals surface area contributed by atoms with Crippen LogP contribution in [0.2, 0.25) is 0 Å². The van der Waals surface area contributed by atoms with Crippen molar-refractivity contribution < 1.29 is 4.39 Å². The summed E-state index contributed by atoms with van der Waals surface area (Å²) < 4.78 is 13.7. The number of aromatic nitrogens is 3. The SMILES string of the molecule is Fc1cccc(-c2cnc(-c3ccncc3)c(CNCCc3ccccn3)c2)c1. The molecule has 0 aliphatic carbocycles. The van der Waals surface area contributed by atoms with Gasteiger partial charge in [0.1, 0.15) is 5.82 Å². The lowest BCUT2D eigenvalue weighted by Crippen LogP contribution is -2.18. The molecule has 0 saturated carbocycles. The zero-order chi connectivity index (χ0) is 19.9. The first-order valence-corrected chi connectivity index (χ1v) is 9.55. The van der Waals surface area contributed by atoms with E-state index in [4.69, 9.17) is 0 Å². The molecular weight excluding hydrogens is 363 g/mol. The van der Waals surface area contributed by atoms with E-state index in [2.05, 4.69) is 26.3 Å². The highest BCUT2D eigenvalue weighted by atomic mass is 19.1. The molecule has 1 N–H and O–H groups in total. The third-order valence-corrected chi connectivity index (χ3v) is 4.68. The topological polar surface area (TPSA) is 50.7 Å². The molecule has 1 aromatic carbocycles. The molecule has 5 heteroatoms. The first-order valence-electron chi connectivity index (χ1n) is 9.55. The zero-order valence-electron chi connectivity index (χ0n) is 15.9. The van der Waals surface area contributed by atoms with Crippen molar-refractivity contribution in [2.45, 2.75) is 13.0 Å². The van der Waals surface area contributed by atoms with Gasteiger partial charge in [-0.3, -0.25) is 15.0 Å². The number of halogens is 1. The van der Waals surface area contributed by atoms with E-state index in [9.17, 15) is 4.39 Å². The van der Waals surface area contributed by atoms with E-state index < -0.39 is 0 Å². The summed E-state index contributed by atoms with van der Waals surface area (Å²) in [6.45, 7) is 1.46. The van der Waals surface area contributed by atoms with Crippen LogP contribution < -0.4 is 5.32 Å². The molecule has 4 aromatic rings. The molecule has 144 valence electrons. The second kappa shape index (κ2) is 9.17. The lowest BCUT2D eigenvalue weighted by atomic mass is 10.0. The fourth-order valence-electron chi connectivity index (χ4n) is 3.23. The minimum atomic E-state index is -0.254. The van der Waals surface area contributed by atoms with Gasteiger partial charge in [-0.1, -0.05) is 18.2 Å². The van der Waals surface area contributed by atoms with Crippen molar-refractivity contribution in [2.24, 2.45) is 0 Å². The number of pyridine rings is 3. The summed E-state index contributed by atoms with van der Waals surface area (Å²) >= 11 is 0. The monoisotopic (exact) mass is 384 g/mol. The highest BCUT2D eigenvalue weighted by Gasteiger charge is 2.10. The van der Waals surface area contributed by atoms with Crippen molar-refractivity contribution >= 4 is 0 Å². The molecule has 29 heavy (non-hydrogen) atoms. The van der Waals surface area contributed by atoms with Gasteiger partial charge in [-0.25, -0.2) is 4.39 Å². The Morgan fingerprint density at radius 3 is 2.48 bits per heavy atom. The van der Waals surface area contributed by atoms with Crippen LogP contribution in [0.5, 0.6) is 0 Å². The smallest absolute Gasteiger partial charge is 0.123 e. The molecule has 0 radical (unpaired) electrons. The van der Waals surface area contributed by atoms with E-state index in [0.29, 0.717) is 6.54 Å². The van der Waals surface area contributed by atoms with Crippen molar-refractivity contribution in [3.05, 3.63) is 103 Å². The fourth-order valence-corrected chi connectivity index (χ4v) is 3.23. The molecule has 0 atom stereocenters. The number of hydrogen-bond donors (Lipinski definition) is 1. The standard InChI is InChI=1S/C24H21FN4/c25-22-5-3-4-19(15-22)20-14-21(16-27-13-9-23-6-1-2-10-28-23)24(29-17-20)18-7-11-26-12-8-18/h1-8,10-12,14-15,17,27H,9,13,16H2. The minimum absolute atomic E-state index is 0.254. The largest absolute Gasteiger partial charge is 0.312 e. The molecule has 0 saturated heterocycles. The van der Waals surface area contributed by atoms with Crippen molar-refractivity contribution in [1.82, 2.24) is 20.3 Å². The molecular formula is C24H21FN4. The third-order valence-electron chi connectivity index (χ3n) is 4.68. The van der Waals surface area contributed by atoms with E-state index in [-0.39, 0.29) is 5.82 Å². The van der Waals surface area contributed by atoms with Crippen LogP contribution in [-0.2, 0) is 13.0 Å². The molecule has 4 rings (SSSR count). The number of nitrogens with zero attached hydrogens (tertiary/aromatic N) is 3. The normalized spacial score (nSPS) is 10.8. The van der Waals surface area contributed by atoms with E-state index in [0.717, 1.165) is 46.6 Å². The molecule has 3 heterocycles. The van der Waals surface area contributed by atoms with Gasteiger partial charge in [0.2, 0.25) is 0 Å². The predicted molar refractivity (Wildman–Crippen MR) is 113 cm³/mol. The molecule has 0 unspecified atom stereocenters. The Balaban J connectivity index is 1.57. The molecule has 4 nitrogen and oxygen atoms in total. The van der Waals surface area contributed by atoms with Crippen LogP contribution in [0.25, 0.3) is 22.4 Å². The highest BCUT2D eigenvalue weighted by Crippen LogP contribution is 2.27. The highest BCUT2D eigenvalue weighted by molar-refractivity contribution is 5.69. The second-order valence-electron chi connectivity index (χ2n) is 6.73. The van der Waals surface area contributed by atoms with E-state index >= 15 is 0 Å². The Kier molecular flexibility index (Phi) is 5.98. The molecule has 3 aromatic heterocycles. The molecule has 0 fully saturated rings. The van der Waals surface area contributed by atoms with Gasteiger partial charge in [-0.2, -0.15) is 0 Å². The van der Waals surface area contributed by atoms with E-state index in [1.165, 1.54) is 12.1 Å². The summed E-state index contributed by atoms with van der Waals surface area (Å²) in [4.78, 5) is 13.1. The molecule has 0 spiro atoms. The Hall–Kier alpha value is -3.44. The molecule has 0 aliphatic rings. The van der Waals surface area contributed by atoms with Gasteiger partial charge in [0, 0.05) is 61.1 Å². The quantitative estimate of drug-likeness (QED) is 0.470. The fraction of sp³-hybridized carbons (Fsp3) is 0.125. The summed E-state index contributed by atoms with van der Waals surface area (Å²) in [5, 5.41) is 3.48. The van der Waals surface area contributed by atoms with Crippen molar-refractivity contribution in [3.8, 4) is 22.4 Å². The molecule has 0 amide bonds. The Morgan fingerprint density at radius 2 is 1.69 bits per heavy atom. The van der Waals surface area contributed by atoms with Gasteiger partial charge in [0.15, 0.2) is 0 Å². The minimum Gasteiger partial charge on any atom is -0.312 e. The Bertz CT molecular complexity index is 1070. The van der Waals surface area contributed by atoms with Crippen LogP contribution in [0.4, 0.5) is 4.39 Å². The number of benzene rings is 1. The Morgan fingerprint density at radius 1 is 0.793 bits per heavy atom. The van der Waals surface area contributed by atoms with Crippen LogP contribution in [0, 0.1) is 5.82 Å². The average Bonchev–Trinajstić information content (AvgIpc) is 2.78. The Labute approximate surface area is 169 Å². The summed E-state index contributed by atoms with van der Waals surface area (Å²) in [7, 11) is 0. The van der Waals surface area contributed by atoms with Crippen LogP contribution in [0.15, 0.2) is 85.5 Å². The second-order valence-corrected chi connectivity index (χ2v) is 6.73.